The van der Waals surface area contributed by atoms with E-state index in [0.29, 0.717) is 11.9 Å². The van der Waals surface area contributed by atoms with E-state index in [4.69, 9.17) is 15.4 Å². The zero-order chi connectivity index (χ0) is 18.2. The molecule has 0 spiro atoms. The van der Waals surface area contributed by atoms with Gasteiger partial charge in [0.25, 0.3) is 0 Å². The molecule has 4 heterocycles. The van der Waals surface area contributed by atoms with Crippen LogP contribution in [0.25, 0.3) is 33.5 Å². The average Bonchev–Trinajstić information content (AvgIpc) is 3.38. The monoisotopic (exact) mass is 361 g/mol. The Kier molecular flexibility index (Phi) is 3.83. The van der Waals surface area contributed by atoms with E-state index in [0.717, 1.165) is 59.5 Å². The van der Waals surface area contributed by atoms with Crippen LogP contribution in [0.1, 0.15) is 18.9 Å². The predicted octanol–water partition coefficient (Wildman–Crippen LogP) is 2.66. The zero-order valence-electron chi connectivity index (χ0n) is 14.7. The van der Waals surface area contributed by atoms with E-state index in [-0.39, 0.29) is 0 Å². The van der Waals surface area contributed by atoms with Crippen LogP contribution in [-0.4, -0.2) is 38.0 Å². The Bertz CT molecular complexity index is 1060. The maximum Gasteiger partial charge on any atom is 0.164 e. The molecule has 0 amide bonds. The van der Waals surface area contributed by atoms with Crippen molar-refractivity contribution in [3.63, 3.8) is 0 Å². The van der Waals surface area contributed by atoms with E-state index in [2.05, 4.69) is 20.4 Å². The Balaban J connectivity index is 1.62. The molecule has 0 aliphatic carbocycles. The number of anilines is 1. The number of nitrogens with zero attached hydrogens (tertiary/aromatic N) is 5. The molecule has 1 aliphatic heterocycles. The number of nitrogen functional groups attached to an aromatic ring is 1. The molecule has 8 heteroatoms. The second-order valence-corrected chi connectivity index (χ2v) is 6.69. The highest BCUT2D eigenvalue weighted by Gasteiger charge is 2.23. The Morgan fingerprint density at radius 1 is 1.04 bits per heavy atom. The van der Waals surface area contributed by atoms with Gasteiger partial charge in [-0.3, -0.25) is 0 Å². The second-order valence-electron chi connectivity index (χ2n) is 6.69. The molecule has 1 fully saturated rings. The zero-order valence-corrected chi connectivity index (χ0v) is 14.7. The van der Waals surface area contributed by atoms with Crippen molar-refractivity contribution in [2.45, 2.75) is 18.9 Å². The van der Waals surface area contributed by atoms with E-state index >= 15 is 0 Å². The third-order valence-corrected chi connectivity index (χ3v) is 5.06. The van der Waals surface area contributed by atoms with Gasteiger partial charge in [-0.15, -0.1) is 0 Å². The van der Waals surface area contributed by atoms with Gasteiger partial charge >= 0.3 is 0 Å². The summed E-state index contributed by atoms with van der Waals surface area (Å²) in [5.41, 5.74) is 10.6. The summed E-state index contributed by atoms with van der Waals surface area (Å²) in [6, 6.07) is 10.2. The number of fused-ring (bicyclic) bond motifs is 1. The molecule has 1 saturated heterocycles. The van der Waals surface area contributed by atoms with E-state index in [1.165, 1.54) is 6.33 Å². The van der Waals surface area contributed by atoms with Crippen molar-refractivity contribution < 1.29 is 4.52 Å². The van der Waals surface area contributed by atoms with Crippen LogP contribution in [0.15, 0.2) is 47.4 Å². The van der Waals surface area contributed by atoms with Gasteiger partial charge in [-0.2, -0.15) is 5.10 Å². The number of benzene rings is 1. The minimum Gasteiger partial charge on any atom is -0.383 e. The molecule has 3 aromatic heterocycles. The van der Waals surface area contributed by atoms with Crippen LogP contribution in [0.5, 0.6) is 0 Å². The van der Waals surface area contributed by atoms with Crippen LogP contribution in [0.3, 0.4) is 0 Å². The molecule has 0 unspecified atom stereocenters. The second kappa shape index (κ2) is 6.48. The van der Waals surface area contributed by atoms with Crippen molar-refractivity contribution in [2.75, 3.05) is 18.8 Å². The van der Waals surface area contributed by atoms with Gasteiger partial charge in [-0.25, -0.2) is 14.6 Å². The summed E-state index contributed by atoms with van der Waals surface area (Å²) >= 11 is 0. The predicted molar refractivity (Wildman–Crippen MR) is 102 cm³/mol. The van der Waals surface area contributed by atoms with Crippen LogP contribution in [0, 0.1) is 0 Å². The fourth-order valence-electron chi connectivity index (χ4n) is 3.66. The topological polar surface area (TPSA) is 108 Å². The first kappa shape index (κ1) is 16.0. The Morgan fingerprint density at radius 2 is 1.81 bits per heavy atom. The Hall–Kier alpha value is -3.26. The minimum absolute atomic E-state index is 0.311. The number of hydrogen-bond acceptors (Lipinski definition) is 7. The van der Waals surface area contributed by atoms with Crippen molar-refractivity contribution in [3.05, 3.63) is 42.9 Å². The summed E-state index contributed by atoms with van der Waals surface area (Å²) in [5.74, 6) is 0.454. The molecular weight excluding hydrogens is 342 g/mol. The SMILES string of the molecule is Nc1ncnc2c1c(-c1ccc(-c3ccon3)cc1)nn2C1CCNCC1. The summed E-state index contributed by atoms with van der Waals surface area (Å²) in [5, 5.41) is 13.1. The minimum atomic E-state index is 0.311. The molecule has 0 bridgehead atoms. The molecule has 1 aliphatic rings. The van der Waals surface area contributed by atoms with Crippen molar-refractivity contribution in [3.8, 4) is 22.5 Å². The van der Waals surface area contributed by atoms with Crippen molar-refractivity contribution in [2.24, 2.45) is 0 Å². The lowest BCUT2D eigenvalue weighted by Crippen LogP contribution is -2.30. The number of nitrogens with two attached hydrogens (primary N) is 1. The molecule has 0 atom stereocenters. The summed E-state index contributed by atoms with van der Waals surface area (Å²) in [6.45, 7) is 1.96. The van der Waals surface area contributed by atoms with Crippen LogP contribution < -0.4 is 11.1 Å². The van der Waals surface area contributed by atoms with Gasteiger partial charge in [0, 0.05) is 17.2 Å². The number of piperidine rings is 1. The van der Waals surface area contributed by atoms with Gasteiger partial charge in [-0.1, -0.05) is 29.4 Å². The summed E-state index contributed by atoms with van der Waals surface area (Å²) in [4.78, 5) is 8.68. The number of hydrogen-bond donors (Lipinski definition) is 2. The highest BCUT2D eigenvalue weighted by molar-refractivity contribution is 5.98. The van der Waals surface area contributed by atoms with Crippen molar-refractivity contribution >= 4 is 16.9 Å². The standard InChI is InChI=1S/C19H19N7O/c20-18-16-17(13-3-1-12(2-4-13)15-7-10-27-25-15)24-26(19(16)23-11-22-18)14-5-8-21-9-6-14/h1-4,7,10-11,14,21H,5-6,8-9H2,(H2,20,22,23). The Morgan fingerprint density at radius 3 is 2.56 bits per heavy atom. The van der Waals surface area contributed by atoms with Gasteiger partial charge in [0.05, 0.1) is 11.4 Å². The molecule has 4 aromatic rings. The van der Waals surface area contributed by atoms with Gasteiger partial charge in [0.1, 0.15) is 29.8 Å². The van der Waals surface area contributed by atoms with Gasteiger partial charge in [-0.05, 0) is 25.9 Å². The molecule has 0 radical (unpaired) electrons. The first-order valence-electron chi connectivity index (χ1n) is 9.02. The molecule has 3 N–H and O–H groups in total. The van der Waals surface area contributed by atoms with Crippen molar-refractivity contribution in [1.29, 1.82) is 0 Å². The van der Waals surface area contributed by atoms with Gasteiger partial charge in [0.2, 0.25) is 0 Å². The normalized spacial score (nSPS) is 15.4. The lowest BCUT2D eigenvalue weighted by Gasteiger charge is -2.23. The first-order valence-corrected chi connectivity index (χ1v) is 9.02. The maximum absolute atomic E-state index is 6.21. The summed E-state index contributed by atoms with van der Waals surface area (Å²) < 4.78 is 6.95. The maximum atomic E-state index is 6.21. The van der Waals surface area contributed by atoms with E-state index in [9.17, 15) is 0 Å². The lowest BCUT2D eigenvalue weighted by atomic mass is 10.1. The quantitative estimate of drug-likeness (QED) is 0.577. The van der Waals surface area contributed by atoms with E-state index in [1.54, 1.807) is 6.26 Å². The van der Waals surface area contributed by atoms with Crippen LogP contribution >= 0.6 is 0 Å². The molecule has 27 heavy (non-hydrogen) atoms. The summed E-state index contributed by atoms with van der Waals surface area (Å²) in [6.07, 6.45) is 5.11. The average molecular weight is 361 g/mol. The fraction of sp³-hybridized carbons (Fsp3) is 0.263. The van der Waals surface area contributed by atoms with Crippen molar-refractivity contribution in [1.82, 2.24) is 30.2 Å². The fourth-order valence-corrected chi connectivity index (χ4v) is 3.66. The molecule has 5 rings (SSSR count). The lowest BCUT2D eigenvalue weighted by molar-refractivity contribution is 0.350. The molecular formula is C19H19N7O. The highest BCUT2D eigenvalue weighted by Crippen LogP contribution is 2.34. The molecule has 1 aromatic carbocycles. The van der Waals surface area contributed by atoms with Gasteiger partial charge in [0.15, 0.2) is 5.65 Å². The van der Waals surface area contributed by atoms with Crippen LogP contribution in [0.2, 0.25) is 0 Å². The number of rotatable bonds is 3. The van der Waals surface area contributed by atoms with E-state index < -0.39 is 0 Å². The third-order valence-electron chi connectivity index (χ3n) is 5.06. The largest absolute Gasteiger partial charge is 0.383 e. The smallest absolute Gasteiger partial charge is 0.164 e. The van der Waals surface area contributed by atoms with E-state index in [1.807, 2.05) is 35.0 Å². The highest BCUT2D eigenvalue weighted by atomic mass is 16.5. The molecule has 8 nitrogen and oxygen atoms in total. The molecule has 136 valence electrons. The first-order chi connectivity index (χ1) is 13.3. The number of nitrogens with one attached hydrogen (secondary N) is 1. The third kappa shape index (κ3) is 2.74. The number of aromatic nitrogens is 5. The summed E-state index contributed by atoms with van der Waals surface area (Å²) in [7, 11) is 0. The van der Waals surface area contributed by atoms with Crippen LogP contribution in [0.4, 0.5) is 5.82 Å². The molecule has 0 saturated carbocycles. The van der Waals surface area contributed by atoms with Crippen LogP contribution in [-0.2, 0) is 0 Å². The van der Waals surface area contributed by atoms with Gasteiger partial charge < -0.3 is 15.6 Å². The Labute approximate surface area is 155 Å².